The molecule has 7 rings (SSSR count). The van der Waals surface area contributed by atoms with Gasteiger partial charge in [-0.15, -0.1) is 45.3 Å². The first-order valence-corrected chi connectivity index (χ1v) is 13.9. The third kappa shape index (κ3) is 2.91. The van der Waals surface area contributed by atoms with Crippen LogP contribution in [0.15, 0.2) is 72.8 Å². The van der Waals surface area contributed by atoms with Crippen LogP contribution in [0.25, 0.3) is 61.2 Å². The molecule has 4 aromatic heterocycles. The molecule has 0 spiro atoms. The summed E-state index contributed by atoms with van der Waals surface area (Å²) in [6.45, 7) is 4.39. The second kappa shape index (κ2) is 7.00. The van der Waals surface area contributed by atoms with Gasteiger partial charge in [-0.05, 0) is 73.5 Å². The summed E-state index contributed by atoms with van der Waals surface area (Å²) in [6, 6.07) is 27.6. The van der Waals surface area contributed by atoms with Crippen LogP contribution in [0, 0.1) is 13.8 Å². The SMILES string of the molecule is Cc1cc2c(ccc3sc(-c4ccc(-c5cc6c(ccc7sc(C)cc76)s5)cc4)cc32)s1. The highest BCUT2D eigenvalue weighted by molar-refractivity contribution is 7.23. The van der Waals surface area contributed by atoms with Crippen molar-refractivity contribution < 1.29 is 0 Å². The smallest absolute Gasteiger partial charge is 0.0356 e. The summed E-state index contributed by atoms with van der Waals surface area (Å²) in [6.07, 6.45) is 0. The summed E-state index contributed by atoms with van der Waals surface area (Å²) in [5, 5.41) is 5.56. The lowest BCUT2D eigenvalue weighted by Crippen LogP contribution is -1.74. The highest BCUT2D eigenvalue weighted by Crippen LogP contribution is 2.42. The third-order valence-corrected chi connectivity index (χ3v) is 10.4. The van der Waals surface area contributed by atoms with Crippen molar-refractivity contribution in [1.82, 2.24) is 0 Å². The second-order valence-electron chi connectivity index (χ2n) is 8.29. The van der Waals surface area contributed by atoms with E-state index in [-0.39, 0.29) is 0 Å². The monoisotopic (exact) mass is 482 g/mol. The van der Waals surface area contributed by atoms with Gasteiger partial charge in [-0.1, -0.05) is 24.3 Å². The van der Waals surface area contributed by atoms with Crippen LogP contribution in [-0.2, 0) is 0 Å². The third-order valence-electron chi connectivity index (χ3n) is 6.10. The van der Waals surface area contributed by atoms with Gasteiger partial charge >= 0.3 is 0 Å². The molecule has 0 aliphatic heterocycles. The number of benzene rings is 3. The lowest BCUT2D eigenvalue weighted by atomic mass is 10.1. The Balaban J connectivity index is 1.30. The molecule has 0 amide bonds. The average Bonchev–Trinajstić information content (AvgIpc) is 3.55. The Morgan fingerprint density at radius 3 is 1.16 bits per heavy atom. The second-order valence-corrected chi connectivity index (χ2v) is 13.0. The van der Waals surface area contributed by atoms with E-state index in [2.05, 4.69) is 86.6 Å². The van der Waals surface area contributed by atoms with E-state index in [0.717, 1.165) is 0 Å². The van der Waals surface area contributed by atoms with Gasteiger partial charge < -0.3 is 0 Å². The van der Waals surface area contributed by atoms with Gasteiger partial charge in [0, 0.05) is 59.9 Å². The van der Waals surface area contributed by atoms with Crippen LogP contribution in [0.2, 0.25) is 0 Å². The molecule has 154 valence electrons. The standard InChI is InChI=1S/C28H18S4/c1-15-11-19-21-13-27(31-25(21)9-7-23(19)29-15)17-3-5-18(6-4-17)28-14-22-20-12-16(2)30-24(20)8-10-26(22)32-28/h3-14H,1-2H3. The maximum absolute atomic E-state index is 2.37. The quantitative estimate of drug-likeness (QED) is 0.230. The molecular formula is C28H18S4. The van der Waals surface area contributed by atoms with E-state index in [0.29, 0.717) is 0 Å². The van der Waals surface area contributed by atoms with E-state index < -0.39 is 0 Å². The Morgan fingerprint density at radius 2 is 0.750 bits per heavy atom. The molecule has 0 nitrogen and oxygen atoms in total. The van der Waals surface area contributed by atoms with Crippen molar-refractivity contribution in [2.45, 2.75) is 13.8 Å². The van der Waals surface area contributed by atoms with Crippen molar-refractivity contribution >= 4 is 85.7 Å². The van der Waals surface area contributed by atoms with E-state index >= 15 is 0 Å². The average molecular weight is 483 g/mol. The lowest BCUT2D eigenvalue weighted by molar-refractivity contribution is 1.66. The van der Waals surface area contributed by atoms with Gasteiger partial charge in [0.2, 0.25) is 0 Å². The first-order chi connectivity index (χ1) is 15.6. The van der Waals surface area contributed by atoms with E-state index in [1.807, 2.05) is 45.3 Å². The van der Waals surface area contributed by atoms with Gasteiger partial charge in [0.1, 0.15) is 0 Å². The van der Waals surface area contributed by atoms with Crippen LogP contribution in [0.5, 0.6) is 0 Å². The van der Waals surface area contributed by atoms with Crippen LogP contribution < -0.4 is 0 Å². The van der Waals surface area contributed by atoms with E-state index in [1.165, 1.54) is 71.0 Å². The fourth-order valence-electron chi connectivity index (χ4n) is 4.60. The molecule has 32 heavy (non-hydrogen) atoms. The Morgan fingerprint density at radius 1 is 0.406 bits per heavy atom. The first-order valence-electron chi connectivity index (χ1n) is 10.6. The fourth-order valence-corrected chi connectivity index (χ4v) is 8.64. The predicted octanol–water partition coefficient (Wildman–Crippen LogP) is 10.5. The van der Waals surface area contributed by atoms with Gasteiger partial charge in [0.15, 0.2) is 0 Å². The minimum Gasteiger partial charge on any atom is -0.141 e. The van der Waals surface area contributed by atoms with Crippen molar-refractivity contribution in [2.75, 3.05) is 0 Å². The number of fused-ring (bicyclic) bond motifs is 6. The molecule has 0 aliphatic carbocycles. The zero-order valence-electron chi connectivity index (χ0n) is 17.6. The zero-order chi connectivity index (χ0) is 21.4. The molecule has 7 aromatic rings. The van der Waals surface area contributed by atoms with Gasteiger partial charge in [-0.3, -0.25) is 0 Å². The highest BCUT2D eigenvalue weighted by Gasteiger charge is 2.12. The molecule has 0 bridgehead atoms. The van der Waals surface area contributed by atoms with Gasteiger partial charge in [0.25, 0.3) is 0 Å². The van der Waals surface area contributed by atoms with Crippen LogP contribution in [0.1, 0.15) is 9.75 Å². The van der Waals surface area contributed by atoms with Crippen molar-refractivity contribution in [3.63, 3.8) is 0 Å². The lowest BCUT2D eigenvalue weighted by Gasteiger charge is -2.00. The van der Waals surface area contributed by atoms with Crippen molar-refractivity contribution in [1.29, 1.82) is 0 Å². The number of thiophene rings is 4. The van der Waals surface area contributed by atoms with Crippen LogP contribution in [0.4, 0.5) is 0 Å². The van der Waals surface area contributed by atoms with Crippen LogP contribution >= 0.6 is 45.3 Å². The van der Waals surface area contributed by atoms with Gasteiger partial charge in [-0.2, -0.15) is 0 Å². The highest BCUT2D eigenvalue weighted by atomic mass is 32.1. The topological polar surface area (TPSA) is 0 Å². The first kappa shape index (κ1) is 19.0. The molecule has 4 heterocycles. The summed E-state index contributed by atoms with van der Waals surface area (Å²) in [4.78, 5) is 5.44. The van der Waals surface area contributed by atoms with Gasteiger partial charge in [0.05, 0.1) is 0 Å². The summed E-state index contributed by atoms with van der Waals surface area (Å²) >= 11 is 7.55. The summed E-state index contributed by atoms with van der Waals surface area (Å²) < 4.78 is 5.51. The van der Waals surface area contributed by atoms with E-state index in [4.69, 9.17) is 0 Å². The molecule has 0 saturated carbocycles. The molecular weight excluding hydrogens is 465 g/mol. The minimum atomic E-state index is 1.30. The summed E-state index contributed by atoms with van der Waals surface area (Å²) in [5.74, 6) is 0. The molecule has 0 radical (unpaired) electrons. The van der Waals surface area contributed by atoms with Crippen molar-refractivity contribution in [3.05, 3.63) is 82.6 Å². The van der Waals surface area contributed by atoms with Crippen LogP contribution in [-0.4, -0.2) is 0 Å². The van der Waals surface area contributed by atoms with Crippen molar-refractivity contribution in [2.24, 2.45) is 0 Å². The Hall–Kier alpha value is -2.50. The predicted molar refractivity (Wildman–Crippen MR) is 148 cm³/mol. The van der Waals surface area contributed by atoms with E-state index in [9.17, 15) is 0 Å². The number of hydrogen-bond acceptors (Lipinski definition) is 4. The minimum absolute atomic E-state index is 1.30. The molecule has 0 saturated heterocycles. The molecule has 4 heteroatoms. The Bertz CT molecular complexity index is 1650. The van der Waals surface area contributed by atoms with Crippen LogP contribution in [0.3, 0.4) is 0 Å². The van der Waals surface area contributed by atoms with Crippen molar-refractivity contribution in [3.8, 4) is 20.9 Å². The Kier molecular flexibility index (Phi) is 4.16. The molecule has 0 atom stereocenters. The molecule has 0 N–H and O–H groups in total. The number of hydrogen-bond donors (Lipinski definition) is 0. The molecule has 0 fully saturated rings. The molecule has 3 aromatic carbocycles. The largest absolute Gasteiger partial charge is 0.141 e. The van der Waals surface area contributed by atoms with E-state index in [1.54, 1.807) is 0 Å². The Labute approximate surface area is 202 Å². The summed E-state index contributed by atoms with van der Waals surface area (Å²) in [7, 11) is 0. The number of rotatable bonds is 2. The number of aryl methyl sites for hydroxylation is 2. The molecule has 0 unspecified atom stereocenters. The fraction of sp³-hybridized carbons (Fsp3) is 0.0714. The normalized spacial score (nSPS) is 12.1. The maximum Gasteiger partial charge on any atom is 0.0356 e. The zero-order valence-corrected chi connectivity index (χ0v) is 20.8. The van der Waals surface area contributed by atoms with Gasteiger partial charge in [-0.25, -0.2) is 0 Å². The molecule has 0 aliphatic rings. The maximum atomic E-state index is 2.37. The summed E-state index contributed by atoms with van der Waals surface area (Å²) in [5.41, 5.74) is 2.60.